The molecule has 0 aliphatic carbocycles. The van der Waals surface area contributed by atoms with E-state index in [-0.39, 0.29) is 5.78 Å². The number of Topliss-reactive ketones (excluding diaryl/α,β-unsaturated/α-hetero) is 1. The Labute approximate surface area is 120 Å². The summed E-state index contributed by atoms with van der Waals surface area (Å²) in [7, 11) is 0. The average molecular weight is 267 g/mol. The van der Waals surface area contributed by atoms with Gasteiger partial charge in [0.2, 0.25) is 0 Å². The van der Waals surface area contributed by atoms with Crippen LogP contribution in [0.5, 0.6) is 0 Å². The predicted octanol–water partition coefficient (Wildman–Crippen LogP) is 4.30. The number of nitrogens with one attached hydrogen (secondary N) is 1. The molecule has 2 aromatic rings. The highest BCUT2D eigenvalue weighted by molar-refractivity contribution is 5.99. The monoisotopic (exact) mass is 267 g/mol. The Bertz CT molecular complexity index is 579. The van der Waals surface area contributed by atoms with Crippen molar-refractivity contribution in [2.75, 3.05) is 11.9 Å². The minimum atomic E-state index is 0.212. The summed E-state index contributed by atoms with van der Waals surface area (Å²) in [5.74, 6) is 0.212. The number of hydrogen-bond acceptors (Lipinski definition) is 2. The van der Waals surface area contributed by atoms with Gasteiger partial charge in [0.05, 0.1) is 0 Å². The Hall–Kier alpha value is -2.09. The maximum atomic E-state index is 12.3. The van der Waals surface area contributed by atoms with Gasteiger partial charge in [-0.2, -0.15) is 0 Å². The van der Waals surface area contributed by atoms with Crippen LogP contribution in [0.4, 0.5) is 5.69 Å². The smallest absolute Gasteiger partial charge is 0.165 e. The normalized spacial score (nSPS) is 10.3. The van der Waals surface area contributed by atoms with Crippen LogP contribution in [0.2, 0.25) is 0 Å². The van der Waals surface area contributed by atoms with Gasteiger partial charge in [-0.3, -0.25) is 4.79 Å². The molecule has 0 atom stereocenters. The molecule has 0 aliphatic rings. The Morgan fingerprint density at radius 3 is 2.20 bits per heavy atom. The zero-order valence-corrected chi connectivity index (χ0v) is 12.4. The summed E-state index contributed by atoms with van der Waals surface area (Å²) in [6.45, 7) is 6.75. The molecule has 2 nitrogen and oxygen atoms in total. The second kappa shape index (κ2) is 6.38. The van der Waals surface area contributed by atoms with Crippen LogP contribution < -0.4 is 5.32 Å². The molecule has 0 spiro atoms. The topological polar surface area (TPSA) is 29.1 Å². The van der Waals surface area contributed by atoms with Gasteiger partial charge in [0.15, 0.2) is 5.78 Å². The molecule has 0 fully saturated rings. The van der Waals surface area contributed by atoms with Gasteiger partial charge >= 0.3 is 0 Å². The molecule has 0 unspecified atom stereocenters. The van der Waals surface area contributed by atoms with Crippen molar-refractivity contribution in [3.05, 3.63) is 64.7 Å². The standard InChI is InChI=1S/C18H21NO/c1-13-11-14(2)18(15(3)12-13)17(20)9-10-19-16-7-5-4-6-8-16/h4-8,11-12,19H,9-10H2,1-3H3. The minimum absolute atomic E-state index is 0.212. The Morgan fingerprint density at radius 2 is 1.60 bits per heavy atom. The minimum Gasteiger partial charge on any atom is -0.385 e. The van der Waals surface area contributed by atoms with E-state index in [1.165, 1.54) is 5.56 Å². The number of rotatable bonds is 5. The number of ketones is 1. The summed E-state index contributed by atoms with van der Waals surface area (Å²) < 4.78 is 0. The Morgan fingerprint density at radius 1 is 1.00 bits per heavy atom. The summed E-state index contributed by atoms with van der Waals surface area (Å²) >= 11 is 0. The van der Waals surface area contributed by atoms with Crippen LogP contribution in [0.1, 0.15) is 33.5 Å². The van der Waals surface area contributed by atoms with E-state index >= 15 is 0 Å². The molecule has 0 bridgehead atoms. The van der Waals surface area contributed by atoms with Gasteiger partial charge in [0, 0.05) is 24.2 Å². The van der Waals surface area contributed by atoms with E-state index in [0.29, 0.717) is 13.0 Å². The van der Waals surface area contributed by atoms with E-state index in [1.54, 1.807) is 0 Å². The Kier molecular flexibility index (Phi) is 4.57. The molecule has 0 aliphatic heterocycles. The molecule has 2 rings (SSSR count). The van der Waals surface area contributed by atoms with Gasteiger partial charge in [-0.05, 0) is 44.0 Å². The van der Waals surface area contributed by atoms with E-state index in [1.807, 2.05) is 44.2 Å². The fraction of sp³-hybridized carbons (Fsp3) is 0.278. The van der Waals surface area contributed by atoms with Crippen LogP contribution in [0.3, 0.4) is 0 Å². The first kappa shape index (κ1) is 14.3. The van der Waals surface area contributed by atoms with E-state index in [2.05, 4.69) is 24.4 Å². The first-order valence-electron chi connectivity index (χ1n) is 6.98. The predicted molar refractivity (Wildman–Crippen MR) is 84.5 cm³/mol. The van der Waals surface area contributed by atoms with E-state index < -0.39 is 0 Å². The van der Waals surface area contributed by atoms with Crippen LogP contribution in [0.25, 0.3) is 0 Å². The summed E-state index contributed by atoms with van der Waals surface area (Å²) in [5, 5.41) is 3.27. The van der Waals surface area contributed by atoms with Crippen LogP contribution >= 0.6 is 0 Å². The van der Waals surface area contributed by atoms with Crippen molar-refractivity contribution in [2.45, 2.75) is 27.2 Å². The molecule has 0 heterocycles. The Balaban J connectivity index is 1.99. The van der Waals surface area contributed by atoms with E-state index in [9.17, 15) is 4.79 Å². The van der Waals surface area contributed by atoms with Crippen molar-refractivity contribution in [3.8, 4) is 0 Å². The third kappa shape index (κ3) is 3.47. The van der Waals surface area contributed by atoms with Crippen LogP contribution in [0, 0.1) is 20.8 Å². The molecule has 104 valence electrons. The molecule has 0 amide bonds. The lowest BCUT2D eigenvalue weighted by Crippen LogP contribution is -2.11. The highest BCUT2D eigenvalue weighted by Crippen LogP contribution is 2.18. The molecule has 0 radical (unpaired) electrons. The maximum Gasteiger partial charge on any atom is 0.165 e. The largest absolute Gasteiger partial charge is 0.385 e. The lowest BCUT2D eigenvalue weighted by Gasteiger charge is -2.11. The summed E-state index contributed by atoms with van der Waals surface area (Å²) in [4.78, 5) is 12.3. The van der Waals surface area contributed by atoms with Crippen molar-refractivity contribution in [1.82, 2.24) is 0 Å². The number of carbonyl (C=O) groups is 1. The van der Waals surface area contributed by atoms with Crippen LogP contribution in [0.15, 0.2) is 42.5 Å². The first-order chi connectivity index (χ1) is 9.58. The molecule has 20 heavy (non-hydrogen) atoms. The van der Waals surface area contributed by atoms with Gasteiger partial charge in [-0.25, -0.2) is 0 Å². The van der Waals surface area contributed by atoms with E-state index in [4.69, 9.17) is 0 Å². The number of hydrogen-bond donors (Lipinski definition) is 1. The third-order valence-corrected chi connectivity index (χ3v) is 3.41. The van der Waals surface area contributed by atoms with Crippen molar-refractivity contribution >= 4 is 11.5 Å². The number of aryl methyl sites for hydroxylation is 3. The highest BCUT2D eigenvalue weighted by Gasteiger charge is 2.12. The van der Waals surface area contributed by atoms with Gasteiger partial charge in [0.25, 0.3) is 0 Å². The number of carbonyl (C=O) groups excluding carboxylic acids is 1. The molecular formula is C18H21NO. The van der Waals surface area contributed by atoms with Gasteiger partial charge in [-0.1, -0.05) is 35.9 Å². The second-order valence-electron chi connectivity index (χ2n) is 5.24. The van der Waals surface area contributed by atoms with Crippen molar-refractivity contribution < 1.29 is 4.79 Å². The molecule has 0 saturated carbocycles. The lowest BCUT2D eigenvalue weighted by atomic mass is 9.95. The first-order valence-corrected chi connectivity index (χ1v) is 6.98. The number of anilines is 1. The molecule has 2 aromatic carbocycles. The van der Waals surface area contributed by atoms with Gasteiger partial charge in [-0.15, -0.1) is 0 Å². The summed E-state index contributed by atoms with van der Waals surface area (Å²) in [5.41, 5.74) is 5.29. The summed E-state index contributed by atoms with van der Waals surface area (Å²) in [6, 6.07) is 14.1. The quantitative estimate of drug-likeness (QED) is 0.818. The van der Waals surface area contributed by atoms with Crippen molar-refractivity contribution in [1.29, 1.82) is 0 Å². The third-order valence-electron chi connectivity index (χ3n) is 3.41. The SMILES string of the molecule is Cc1cc(C)c(C(=O)CCNc2ccccc2)c(C)c1. The fourth-order valence-electron chi connectivity index (χ4n) is 2.62. The lowest BCUT2D eigenvalue weighted by molar-refractivity contribution is 0.0985. The molecule has 0 aromatic heterocycles. The zero-order chi connectivity index (χ0) is 14.5. The fourth-order valence-corrected chi connectivity index (χ4v) is 2.62. The van der Waals surface area contributed by atoms with Crippen molar-refractivity contribution in [2.24, 2.45) is 0 Å². The number of para-hydroxylation sites is 1. The molecule has 0 saturated heterocycles. The highest BCUT2D eigenvalue weighted by atomic mass is 16.1. The van der Waals surface area contributed by atoms with Crippen LogP contribution in [-0.4, -0.2) is 12.3 Å². The molecule has 2 heteroatoms. The molecule has 1 N–H and O–H groups in total. The molecular weight excluding hydrogens is 246 g/mol. The van der Waals surface area contributed by atoms with Crippen molar-refractivity contribution in [3.63, 3.8) is 0 Å². The van der Waals surface area contributed by atoms with Crippen LogP contribution in [-0.2, 0) is 0 Å². The van der Waals surface area contributed by atoms with E-state index in [0.717, 1.165) is 22.4 Å². The second-order valence-corrected chi connectivity index (χ2v) is 5.24. The number of benzene rings is 2. The van der Waals surface area contributed by atoms with Gasteiger partial charge in [0.1, 0.15) is 0 Å². The average Bonchev–Trinajstić information content (AvgIpc) is 2.38. The van der Waals surface area contributed by atoms with Gasteiger partial charge < -0.3 is 5.32 Å². The maximum absolute atomic E-state index is 12.3. The zero-order valence-electron chi connectivity index (χ0n) is 12.4. The summed E-state index contributed by atoms with van der Waals surface area (Å²) in [6.07, 6.45) is 0.514.